The Morgan fingerprint density at radius 2 is 1.47 bits per heavy atom. The maximum absolute atomic E-state index is 9.44. The van der Waals surface area contributed by atoms with E-state index in [2.05, 4.69) is 0 Å². The van der Waals surface area contributed by atoms with Gasteiger partial charge in [0.25, 0.3) is 0 Å². The van der Waals surface area contributed by atoms with Crippen LogP contribution in [0, 0.1) is 0 Å². The summed E-state index contributed by atoms with van der Waals surface area (Å²) in [5.74, 6) is -0.426. The Balaban J connectivity index is -0.000000144. The molecule has 0 aromatic rings. The summed E-state index contributed by atoms with van der Waals surface area (Å²) in [6.07, 6.45) is -0.606. The van der Waals surface area contributed by atoms with Gasteiger partial charge in [0, 0.05) is 6.92 Å². The van der Waals surface area contributed by atoms with Crippen LogP contribution in [0.4, 0.5) is 0 Å². The van der Waals surface area contributed by atoms with Gasteiger partial charge in [-0.3, -0.25) is 9.59 Å². The van der Waals surface area contributed by atoms with E-state index < -0.39 is 18.0 Å². The quantitative estimate of drug-likeness (QED) is 0.404. The number of rotatable bonds is 3. The molecule has 0 aliphatic heterocycles. The van der Waals surface area contributed by atoms with Gasteiger partial charge in [-0.05, 0) is 13.8 Å². The van der Waals surface area contributed by atoms with Crippen molar-refractivity contribution < 1.29 is 29.7 Å². The molecule has 3 N–H and O–H groups in total. The molecular formula is C9H18O6. The number of aldehydes is 2. The Hall–Kier alpha value is -1.11. The summed E-state index contributed by atoms with van der Waals surface area (Å²) in [5.41, 5.74) is 0. The van der Waals surface area contributed by atoms with Gasteiger partial charge in [-0.2, -0.15) is 0 Å². The van der Waals surface area contributed by atoms with Crippen molar-refractivity contribution >= 4 is 18.4 Å². The van der Waals surface area contributed by atoms with Gasteiger partial charge in [0.15, 0.2) is 12.1 Å². The standard InChI is InChI=1S/C3H8O2.C3H6O2.C3H4O2/c3*1-3(5)2-4/h3-5H,2H2,1H3;2-3,5H,1H3;2H,1H3. The van der Waals surface area contributed by atoms with Crippen molar-refractivity contribution in [3.8, 4) is 0 Å². The van der Waals surface area contributed by atoms with Crippen LogP contribution in [0.25, 0.3) is 0 Å². The van der Waals surface area contributed by atoms with E-state index in [-0.39, 0.29) is 12.9 Å². The Kier molecular flexibility index (Phi) is 19.9. The highest BCUT2D eigenvalue weighted by Gasteiger charge is 1.83. The molecule has 0 fully saturated rings. The number of Topliss-reactive ketones (excluding diaryl/α,β-unsaturated/α-hetero) is 1. The summed E-state index contributed by atoms with van der Waals surface area (Å²) in [6, 6.07) is 0. The molecule has 6 heteroatoms. The summed E-state index contributed by atoms with van der Waals surface area (Å²) in [6.45, 7) is 4.01. The molecule has 0 aromatic heterocycles. The molecule has 90 valence electrons. The topological polar surface area (TPSA) is 112 Å². The third-order valence-electron chi connectivity index (χ3n) is 0.627. The van der Waals surface area contributed by atoms with E-state index in [4.69, 9.17) is 20.1 Å². The molecule has 0 rings (SSSR count). The van der Waals surface area contributed by atoms with Gasteiger partial charge in [-0.15, -0.1) is 0 Å². The van der Waals surface area contributed by atoms with Crippen LogP contribution in [-0.2, 0) is 14.4 Å². The molecule has 0 amide bonds. The molecule has 0 radical (unpaired) electrons. The number of aliphatic hydroxyl groups excluding tert-OH is 3. The Morgan fingerprint density at radius 1 is 1.27 bits per heavy atom. The van der Waals surface area contributed by atoms with E-state index in [1.54, 1.807) is 0 Å². The molecule has 0 spiro atoms. The van der Waals surface area contributed by atoms with Gasteiger partial charge in [0.05, 0.1) is 12.7 Å². The highest BCUT2D eigenvalue weighted by molar-refractivity contribution is 6.23. The molecule has 0 saturated carbocycles. The van der Waals surface area contributed by atoms with Crippen molar-refractivity contribution in [1.29, 1.82) is 0 Å². The van der Waals surface area contributed by atoms with E-state index in [1.165, 1.54) is 20.8 Å². The van der Waals surface area contributed by atoms with Crippen molar-refractivity contribution in [2.45, 2.75) is 33.0 Å². The van der Waals surface area contributed by atoms with Gasteiger partial charge in [0.2, 0.25) is 0 Å². The Bertz CT molecular complexity index is 164. The minimum absolute atomic E-state index is 0.139. The fourth-order valence-corrected chi connectivity index (χ4v) is 0. The van der Waals surface area contributed by atoms with Gasteiger partial charge in [-0.1, -0.05) is 0 Å². The predicted molar refractivity (Wildman–Crippen MR) is 53.3 cm³/mol. The fourth-order valence-electron chi connectivity index (χ4n) is 0. The number of carbonyl (C=O) groups excluding carboxylic acids is 3. The van der Waals surface area contributed by atoms with E-state index in [9.17, 15) is 9.59 Å². The lowest BCUT2D eigenvalue weighted by Gasteiger charge is -1.90. The second-order valence-corrected chi connectivity index (χ2v) is 2.64. The molecule has 0 heterocycles. The van der Waals surface area contributed by atoms with E-state index >= 15 is 0 Å². The van der Waals surface area contributed by atoms with Crippen molar-refractivity contribution in [1.82, 2.24) is 0 Å². The highest BCUT2D eigenvalue weighted by atomic mass is 16.3. The van der Waals surface area contributed by atoms with Crippen molar-refractivity contribution in [2.75, 3.05) is 6.61 Å². The summed E-state index contributed by atoms with van der Waals surface area (Å²) in [5, 5.41) is 24.0. The Morgan fingerprint density at radius 3 is 1.47 bits per heavy atom. The average Bonchev–Trinajstić information content (AvgIpc) is 2.19. The van der Waals surface area contributed by atoms with E-state index in [1.807, 2.05) is 0 Å². The maximum atomic E-state index is 9.44. The smallest absolute Gasteiger partial charge is 0.192 e. The Labute approximate surface area is 88.5 Å². The maximum Gasteiger partial charge on any atom is 0.192 e. The van der Waals surface area contributed by atoms with Crippen LogP contribution >= 0.6 is 0 Å². The monoisotopic (exact) mass is 222 g/mol. The van der Waals surface area contributed by atoms with Crippen LogP contribution in [0.15, 0.2) is 0 Å². The second-order valence-electron chi connectivity index (χ2n) is 2.64. The van der Waals surface area contributed by atoms with Crippen molar-refractivity contribution in [2.24, 2.45) is 0 Å². The first-order chi connectivity index (χ1) is 6.81. The minimum atomic E-state index is -0.796. The lowest BCUT2D eigenvalue weighted by atomic mass is 10.5. The molecule has 2 unspecified atom stereocenters. The molecule has 0 bridgehead atoms. The molecule has 0 aliphatic carbocycles. The molecule has 0 saturated heterocycles. The summed E-state index contributed by atoms with van der Waals surface area (Å²) in [4.78, 5) is 27.9. The molecule has 0 aliphatic rings. The number of aliphatic hydroxyl groups is 3. The highest BCUT2D eigenvalue weighted by Crippen LogP contribution is 1.68. The minimum Gasteiger partial charge on any atom is -0.394 e. The zero-order chi connectivity index (χ0) is 12.9. The zero-order valence-electron chi connectivity index (χ0n) is 9.08. The first kappa shape index (κ1) is 19.5. The SMILES string of the molecule is CC(=O)C=O.CC(O)C=O.CC(O)CO. The molecule has 6 nitrogen and oxygen atoms in total. The molecule has 0 aromatic carbocycles. The lowest BCUT2D eigenvalue weighted by Crippen LogP contribution is -2.03. The second kappa shape index (κ2) is 15.4. The van der Waals surface area contributed by atoms with Crippen molar-refractivity contribution in [3.05, 3.63) is 0 Å². The first-order valence-corrected chi connectivity index (χ1v) is 4.19. The first-order valence-electron chi connectivity index (χ1n) is 4.19. The largest absolute Gasteiger partial charge is 0.394 e. The number of hydrogen-bond acceptors (Lipinski definition) is 6. The van der Waals surface area contributed by atoms with E-state index in [0.717, 1.165) is 0 Å². The summed E-state index contributed by atoms with van der Waals surface area (Å²) >= 11 is 0. The zero-order valence-corrected chi connectivity index (χ0v) is 9.08. The number of hydrogen-bond donors (Lipinski definition) is 3. The van der Waals surface area contributed by atoms with Gasteiger partial charge >= 0.3 is 0 Å². The van der Waals surface area contributed by atoms with E-state index in [0.29, 0.717) is 6.29 Å². The summed E-state index contributed by atoms with van der Waals surface area (Å²) in [7, 11) is 0. The molecule has 15 heavy (non-hydrogen) atoms. The van der Waals surface area contributed by atoms with Crippen LogP contribution in [0.1, 0.15) is 20.8 Å². The van der Waals surface area contributed by atoms with Crippen LogP contribution in [0.5, 0.6) is 0 Å². The third-order valence-corrected chi connectivity index (χ3v) is 0.627. The van der Waals surface area contributed by atoms with Gasteiger partial charge in [-0.25, -0.2) is 0 Å². The number of ketones is 1. The number of carbonyl (C=O) groups is 3. The molecule has 2 atom stereocenters. The normalized spacial score (nSPS) is 11.9. The average molecular weight is 222 g/mol. The van der Waals surface area contributed by atoms with Crippen LogP contribution < -0.4 is 0 Å². The van der Waals surface area contributed by atoms with Crippen molar-refractivity contribution in [3.63, 3.8) is 0 Å². The summed E-state index contributed by atoms with van der Waals surface area (Å²) < 4.78 is 0. The van der Waals surface area contributed by atoms with Crippen LogP contribution in [-0.4, -0.2) is 52.5 Å². The molecular weight excluding hydrogens is 204 g/mol. The van der Waals surface area contributed by atoms with Crippen LogP contribution in [0.3, 0.4) is 0 Å². The predicted octanol–water partition coefficient (Wildman–Crippen LogP) is -1.30. The van der Waals surface area contributed by atoms with Gasteiger partial charge in [0.1, 0.15) is 12.4 Å². The van der Waals surface area contributed by atoms with Crippen LogP contribution in [0.2, 0.25) is 0 Å². The lowest BCUT2D eigenvalue weighted by molar-refractivity contribution is -0.128. The van der Waals surface area contributed by atoms with Gasteiger partial charge < -0.3 is 20.1 Å². The fraction of sp³-hybridized carbons (Fsp3) is 0.667. The third kappa shape index (κ3) is 63.9.